The van der Waals surface area contributed by atoms with Crippen LogP contribution in [-0.4, -0.2) is 15.3 Å². The largest absolute Gasteiger partial charge is 0.351 e. The molecule has 3 aromatic carbocycles. The molecule has 1 aromatic heterocycles. The Morgan fingerprint density at radius 3 is 1.97 bits per heavy atom. The topological polar surface area (TPSA) is 54.2 Å². The molecule has 5 rings (SSSR count). The monoisotopic (exact) mass is 466 g/mol. The lowest BCUT2D eigenvalue weighted by atomic mass is 9.94. The zero-order valence-corrected chi connectivity index (χ0v) is 20.5. The molecule has 2 heterocycles. The van der Waals surface area contributed by atoms with E-state index in [0.717, 1.165) is 28.1 Å². The molecule has 0 bridgehead atoms. The van der Waals surface area contributed by atoms with Gasteiger partial charge in [-0.15, -0.1) is 0 Å². The fourth-order valence-corrected chi connectivity index (χ4v) is 4.55. The van der Waals surface area contributed by atoms with Gasteiger partial charge in [-0.3, -0.25) is 4.90 Å². The molecular formula is C28H26N4OS. The predicted octanol–water partition coefficient (Wildman–Crippen LogP) is 6.53. The number of rotatable bonds is 4. The molecule has 0 spiro atoms. The van der Waals surface area contributed by atoms with Gasteiger partial charge in [0.05, 0.1) is 11.6 Å². The van der Waals surface area contributed by atoms with Crippen molar-refractivity contribution in [2.45, 2.75) is 33.7 Å². The van der Waals surface area contributed by atoms with E-state index in [1.54, 1.807) is 0 Å². The summed E-state index contributed by atoms with van der Waals surface area (Å²) in [6.45, 7) is 8.26. The molecule has 5 nitrogen and oxygen atoms in total. The summed E-state index contributed by atoms with van der Waals surface area (Å²) in [5.41, 5.74) is 8.43. The van der Waals surface area contributed by atoms with Crippen LogP contribution in [0.1, 0.15) is 41.1 Å². The van der Waals surface area contributed by atoms with Crippen LogP contribution in [0.25, 0.3) is 17.0 Å². The third-order valence-corrected chi connectivity index (χ3v) is 6.45. The molecule has 0 saturated carbocycles. The van der Waals surface area contributed by atoms with Gasteiger partial charge in [0.15, 0.2) is 5.11 Å². The van der Waals surface area contributed by atoms with Crippen LogP contribution in [0, 0.1) is 20.8 Å². The average Bonchev–Trinajstić information content (AvgIpc) is 3.30. The lowest BCUT2D eigenvalue weighted by Crippen LogP contribution is -2.46. The molecule has 1 aliphatic heterocycles. The molecular weight excluding hydrogens is 440 g/mol. The van der Waals surface area contributed by atoms with Gasteiger partial charge in [0.25, 0.3) is 5.89 Å². The van der Waals surface area contributed by atoms with Crippen LogP contribution in [0.3, 0.4) is 0 Å². The van der Waals surface area contributed by atoms with Crippen LogP contribution in [0.15, 0.2) is 83.0 Å². The van der Waals surface area contributed by atoms with E-state index in [1.165, 1.54) is 16.7 Å². The molecule has 0 aliphatic carbocycles. The number of aromatic nitrogens is 2. The van der Waals surface area contributed by atoms with Crippen molar-refractivity contribution >= 4 is 28.6 Å². The van der Waals surface area contributed by atoms with Gasteiger partial charge in [-0.1, -0.05) is 82.5 Å². The van der Waals surface area contributed by atoms with Gasteiger partial charge in [-0.2, -0.15) is 4.98 Å². The highest BCUT2D eigenvalue weighted by molar-refractivity contribution is 7.80. The van der Waals surface area contributed by atoms with Crippen LogP contribution in [0.4, 0.5) is 5.69 Å². The summed E-state index contributed by atoms with van der Waals surface area (Å²) in [6, 6.07) is 24.6. The molecule has 0 fully saturated rings. The van der Waals surface area contributed by atoms with E-state index < -0.39 is 0 Å². The van der Waals surface area contributed by atoms with Crippen LogP contribution in [0.2, 0.25) is 0 Å². The van der Waals surface area contributed by atoms with Crippen molar-refractivity contribution in [3.8, 4) is 11.4 Å². The number of benzene rings is 3. The number of allylic oxidation sites excluding steroid dienone is 1. The Bertz CT molecular complexity index is 1370. The second kappa shape index (κ2) is 8.88. The summed E-state index contributed by atoms with van der Waals surface area (Å²) in [7, 11) is 0. The molecule has 1 N–H and O–H groups in total. The maximum atomic E-state index is 5.84. The Balaban J connectivity index is 1.64. The van der Waals surface area contributed by atoms with Gasteiger partial charge >= 0.3 is 0 Å². The van der Waals surface area contributed by atoms with Crippen molar-refractivity contribution in [2.24, 2.45) is 0 Å². The minimum absolute atomic E-state index is 0.207. The first-order valence-electron chi connectivity index (χ1n) is 11.3. The van der Waals surface area contributed by atoms with Crippen molar-refractivity contribution < 1.29 is 4.52 Å². The van der Waals surface area contributed by atoms with E-state index in [4.69, 9.17) is 21.7 Å². The van der Waals surface area contributed by atoms with Crippen LogP contribution in [0.5, 0.6) is 0 Å². The van der Waals surface area contributed by atoms with E-state index in [1.807, 2.05) is 29.2 Å². The molecule has 6 heteroatoms. The first kappa shape index (κ1) is 22.0. The van der Waals surface area contributed by atoms with E-state index in [-0.39, 0.29) is 6.04 Å². The molecule has 0 saturated heterocycles. The van der Waals surface area contributed by atoms with Gasteiger partial charge in [-0.25, -0.2) is 0 Å². The maximum absolute atomic E-state index is 5.84. The quantitative estimate of drug-likeness (QED) is 0.345. The average molecular weight is 467 g/mol. The molecule has 1 aliphatic rings. The highest BCUT2D eigenvalue weighted by Crippen LogP contribution is 2.39. The molecule has 0 amide bonds. The van der Waals surface area contributed by atoms with Crippen molar-refractivity contribution in [3.05, 3.63) is 107 Å². The van der Waals surface area contributed by atoms with Gasteiger partial charge in [0.1, 0.15) is 0 Å². The first-order chi connectivity index (χ1) is 16.4. The maximum Gasteiger partial charge on any atom is 0.258 e. The lowest BCUT2D eigenvalue weighted by Gasteiger charge is -2.37. The third-order valence-electron chi connectivity index (χ3n) is 6.15. The van der Waals surface area contributed by atoms with Crippen molar-refractivity contribution in [2.75, 3.05) is 4.90 Å². The Hall–Kier alpha value is -3.77. The second-order valence-corrected chi connectivity index (χ2v) is 9.14. The van der Waals surface area contributed by atoms with Gasteiger partial charge in [0, 0.05) is 16.9 Å². The van der Waals surface area contributed by atoms with Crippen molar-refractivity contribution in [3.63, 3.8) is 0 Å². The van der Waals surface area contributed by atoms with Gasteiger partial charge < -0.3 is 9.84 Å². The Kier molecular flexibility index (Phi) is 5.75. The summed E-state index contributed by atoms with van der Waals surface area (Å²) >= 11 is 5.83. The standard InChI is InChI=1S/C28H26N4OS/c1-17-5-11-21(12-6-17)25-24(27-30-26(31-33-27)22-13-7-18(2)8-14-22)20(4)32(28(34)29-25)23-15-9-19(3)10-16-23/h5-16,25H,1-4H3,(H,29,34). The Labute approximate surface area is 205 Å². The summed E-state index contributed by atoms with van der Waals surface area (Å²) < 4.78 is 5.84. The fourth-order valence-electron chi connectivity index (χ4n) is 4.19. The number of thiocarbonyl (C=S) groups is 1. The van der Waals surface area contributed by atoms with Crippen LogP contribution >= 0.6 is 12.2 Å². The zero-order valence-electron chi connectivity index (χ0n) is 19.7. The molecule has 0 radical (unpaired) electrons. The number of aryl methyl sites for hydroxylation is 3. The van der Waals surface area contributed by atoms with Gasteiger partial charge in [0.2, 0.25) is 5.82 Å². The highest BCUT2D eigenvalue weighted by atomic mass is 32.1. The summed E-state index contributed by atoms with van der Waals surface area (Å²) in [4.78, 5) is 6.83. The molecule has 1 unspecified atom stereocenters. The molecule has 170 valence electrons. The minimum Gasteiger partial charge on any atom is -0.351 e. The van der Waals surface area contributed by atoms with Gasteiger partial charge in [-0.05, 0) is 57.6 Å². The fraction of sp³-hybridized carbons (Fsp3) is 0.179. The van der Waals surface area contributed by atoms with Crippen molar-refractivity contribution in [1.82, 2.24) is 15.5 Å². The van der Waals surface area contributed by atoms with E-state index in [2.05, 4.69) is 86.7 Å². The first-order valence-corrected chi connectivity index (χ1v) is 11.7. The molecule has 34 heavy (non-hydrogen) atoms. The minimum atomic E-state index is -0.207. The highest BCUT2D eigenvalue weighted by Gasteiger charge is 2.34. The normalized spacial score (nSPS) is 16.1. The smallest absolute Gasteiger partial charge is 0.258 e. The molecule has 1 atom stereocenters. The van der Waals surface area contributed by atoms with E-state index in [9.17, 15) is 0 Å². The number of hydrogen-bond donors (Lipinski definition) is 1. The Morgan fingerprint density at radius 2 is 1.35 bits per heavy atom. The summed E-state index contributed by atoms with van der Waals surface area (Å²) in [6.07, 6.45) is 0. The van der Waals surface area contributed by atoms with E-state index >= 15 is 0 Å². The number of hydrogen-bond acceptors (Lipinski definition) is 4. The van der Waals surface area contributed by atoms with Crippen LogP contribution in [-0.2, 0) is 0 Å². The number of nitrogens with zero attached hydrogens (tertiary/aromatic N) is 3. The molecule has 4 aromatic rings. The van der Waals surface area contributed by atoms with Crippen LogP contribution < -0.4 is 10.2 Å². The summed E-state index contributed by atoms with van der Waals surface area (Å²) in [5.74, 6) is 1.04. The number of nitrogens with one attached hydrogen (secondary N) is 1. The lowest BCUT2D eigenvalue weighted by molar-refractivity contribution is 0.404. The zero-order chi connectivity index (χ0) is 23.8. The summed E-state index contributed by atoms with van der Waals surface area (Å²) in [5, 5.41) is 8.45. The SMILES string of the molecule is CC1=C(c2nc(-c3ccc(C)cc3)no2)C(c2ccc(C)cc2)NC(=S)N1c1ccc(C)cc1. The van der Waals surface area contributed by atoms with Crippen molar-refractivity contribution in [1.29, 1.82) is 0 Å². The number of anilines is 1. The van der Waals surface area contributed by atoms with E-state index in [0.29, 0.717) is 16.8 Å². The second-order valence-electron chi connectivity index (χ2n) is 8.75. The predicted molar refractivity (Wildman–Crippen MR) is 140 cm³/mol. The Morgan fingerprint density at radius 1 is 0.794 bits per heavy atom. The third kappa shape index (κ3) is 4.13.